The van der Waals surface area contributed by atoms with Gasteiger partial charge < -0.3 is 5.11 Å². The average Bonchev–Trinajstić information content (AvgIpc) is 2.38. The first-order valence-corrected chi connectivity index (χ1v) is 6.51. The van der Waals surface area contributed by atoms with Crippen LogP contribution in [0.4, 0.5) is 4.39 Å². The number of carbonyl (C=O) groups is 1. The van der Waals surface area contributed by atoms with Crippen LogP contribution >= 0.6 is 11.8 Å². The first-order chi connectivity index (χ1) is 8.61. The number of carboxylic acid groups (broad SMARTS) is 1. The van der Waals surface area contributed by atoms with Gasteiger partial charge >= 0.3 is 5.97 Å². The van der Waals surface area contributed by atoms with Gasteiger partial charge in [-0.1, -0.05) is 18.2 Å². The second kappa shape index (κ2) is 5.23. The normalized spacial score (nSPS) is 10.3. The number of hydrogen-bond acceptors (Lipinski definition) is 2. The summed E-state index contributed by atoms with van der Waals surface area (Å²) in [6, 6.07) is 11.4. The molecule has 0 saturated carbocycles. The smallest absolute Gasteiger partial charge is 0.335 e. The molecule has 2 rings (SSSR count). The fourth-order valence-corrected chi connectivity index (χ4v) is 2.37. The Morgan fingerprint density at radius 2 is 1.94 bits per heavy atom. The van der Waals surface area contributed by atoms with Crippen molar-refractivity contribution in [3.05, 3.63) is 53.8 Å². The molecule has 0 aliphatic carbocycles. The van der Waals surface area contributed by atoms with Gasteiger partial charge in [0, 0.05) is 4.90 Å². The Hall–Kier alpha value is -1.81. The Labute approximate surface area is 108 Å². The molecular weight excluding hydrogens is 251 g/mol. The Morgan fingerprint density at radius 3 is 2.61 bits per heavy atom. The van der Waals surface area contributed by atoms with Crippen LogP contribution in [-0.2, 0) is 0 Å². The highest BCUT2D eigenvalue weighted by Crippen LogP contribution is 2.31. The molecule has 0 amide bonds. The monoisotopic (exact) mass is 262 g/mol. The minimum absolute atomic E-state index is 0.0408. The van der Waals surface area contributed by atoms with Crippen LogP contribution in [0.5, 0.6) is 0 Å². The summed E-state index contributed by atoms with van der Waals surface area (Å²) in [5.74, 6) is -1.67. The standard InChI is InChI=1S/C14H11FO2S/c1-18-13-5-3-2-4-12(13)9-6-10(14(16)17)8-11(15)7-9/h2-8H,1H3,(H,16,17). The molecule has 2 nitrogen and oxygen atoms in total. The lowest BCUT2D eigenvalue weighted by Gasteiger charge is -2.08. The van der Waals surface area contributed by atoms with Crippen LogP contribution in [0.3, 0.4) is 0 Å². The van der Waals surface area contributed by atoms with Crippen molar-refractivity contribution in [3.63, 3.8) is 0 Å². The van der Waals surface area contributed by atoms with Gasteiger partial charge in [0.2, 0.25) is 0 Å². The molecule has 4 heteroatoms. The van der Waals surface area contributed by atoms with E-state index < -0.39 is 11.8 Å². The van der Waals surface area contributed by atoms with Crippen molar-refractivity contribution in [3.8, 4) is 11.1 Å². The van der Waals surface area contributed by atoms with E-state index in [2.05, 4.69) is 0 Å². The lowest BCUT2D eigenvalue weighted by atomic mass is 10.0. The van der Waals surface area contributed by atoms with E-state index in [1.54, 1.807) is 11.8 Å². The Bertz CT molecular complexity index is 596. The summed E-state index contributed by atoms with van der Waals surface area (Å²) in [7, 11) is 0. The molecule has 0 aliphatic heterocycles. The summed E-state index contributed by atoms with van der Waals surface area (Å²) >= 11 is 1.54. The summed E-state index contributed by atoms with van der Waals surface area (Å²) in [4.78, 5) is 11.9. The van der Waals surface area contributed by atoms with Crippen molar-refractivity contribution in [2.24, 2.45) is 0 Å². The molecule has 0 radical (unpaired) electrons. The Kier molecular flexibility index (Phi) is 3.67. The van der Waals surface area contributed by atoms with E-state index in [4.69, 9.17) is 5.11 Å². The highest BCUT2D eigenvalue weighted by molar-refractivity contribution is 7.98. The van der Waals surface area contributed by atoms with Crippen molar-refractivity contribution in [1.82, 2.24) is 0 Å². The molecule has 0 atom stereocenters. The van der Waals surface area contributed by atoms with Crippen LogP contribution in [0.15, 0.2) is 47.4 Å². The van der Waals surface area contributed by atoms with Crippen molar-refractivity contribution >= 4 is 17.7 Å². The van der Waals surface area contributed by atoms with Gasteiger partial charge in [0.15, 0.2) is 0 Å². The highest BCUT2D eigenvalue weighted by atomic mass is 32.2. The van der Waals surface area contributed by atoms with Crippen molar-refractivity contribution in [2.45, 2.75) is 4.90 Å². The molecule has 2 aromatic rings. The number of halogens is 1. The molecule has 0 heterocycles. The van der Waals surface area contributed by atoms with Crippen molar-refractivity contribution < 1.29 is 14.3 Å². The van der Waals surface area contributed by atoms with E-state index in [0.717, 1.165) is 16.5 Å². The predicted molar refractivity (Wildman–Crippen MR) is 70.6 cm³/mol. The fraction of sp³-hybridized carbons (Fsp3) is 0.0714. The first kappa shape index (κ1) is 12.6. The predicted octanol–water partition coefficient (Wildman–Crippen LogP) is 3.91. The number of thioether (sulfide) groups is 1. The third-order valence-electron chi connectivity index (χ3n) is 2.56. The molecule has 0 spiro atoms. The molecule has 2 aromatic carbocycles. The molecule has 18 heavy (non-hydrogen) atoms. The minimum atomic E-state index is -1.13. The SMILES string of the molecule is CSc1ccccc1-c1cc(F)cc(C(=O)O)c1. The van der Waals surface area contributed by atoms with E-state index in [1.807, 2.05) is 30.5 Å². The number of hydrogen-bond donors (Lipinski definition) is 1. The number of carboxylic acids is 1. The van der Waals surface area contributed by atoms with Gasteiger partial charge in [-0.2, -0.15) is 0 Å². The van der Waals surface area contributed by atoms with Crippen molar-refractivity contribution in [1.29, 1.82) is 0 Å². The molecule has 0 aromatic heterocycles. The zero-order chi connectivity index (χ0) is 13.1. The van der Waals surface area contributed by atoms with E-state index in [9.17, 15) is 9.18 Å². The van der Waals surface area contributed by atoms with Crippen LogP contribution < -0.4 is 0 Å². The lowest BCUT2D eigenvalue weighted by molar-refractivity contribution is 0.0696. The summed E-state index contributed by atoms with van der Waals surface area (Å²) in [5.41, 5.74) is 1.38. The molecule has 0 bridgehead atoms. The molecule has 0 unspecified atom stereocenters. The maximum atomic E-state index is 13.4. The first-order valence-electron chi connectivity index (χ1n) is 5.29. The summed E-state index contributed by atoms with van der Waals surface area (Å²) < 4.78 is 13.4. The molecule has 92 valence electrons. The van der Waals surface area contributed by atoms with Crippen LogP contribution in [0.2, 0.25) is 0 Å². The molecule has 0 fully saturated rings. The number of benzene rings is 2. The molecular formula is C14H11FO2S. The quantitative estimate of drug-likeness (QED) is 0.852. The van der Waals surface area contributed by atoms with Crippen LogP contribution in [0, 0.1) is 5.82 Å². The summed E-state index contributed by atoms with van der Waals surface area (Å²) in [6.07, 6.45) is 1.93. The summed E-state index contributed by atoms with van der Waals surface area (Å²) in [6.45, 7) is 0. The zero-order valence-electron chi connectivity index (χ0n) is 9.68. The van der Waals surface area contributed by atoms with Crippen LogP contribution in [0.25, 0.3) is 11.1 Å². The van der Waals surface area contributed by atoms with Gasteiger partial charge in [-0.25, -0.2) is 9.18 Å². The van der Waals surface area contributed by atoms with Crippen molar-refractivity contribution in [2.75, 3.05) is 6.26 Å². The van der Waals surface area contributed by atoms with Gasteiger partial charge in [-0.05, 0) is 41.6 Å². The van der Waals surface area contributed by atoms with Gasteiger partial charge in [0.25, 0.3) is 0 Å². The van der Waals surface area contributed by atoms with E-state index in [1.165, 1.54) is 12.1 Å². The molecule has 0 aliphatic rings. The minimum Gasteiger partial charge on any atom is -0.478 e. The second-order valence-electron chi connectivity index (χ2n) is 3.73. The van der Waals surface area contributed by atoms with Gasteiger partial charge in [-0.3, -0.25) is 0 Å². The molecule has 0 saturated heterocycles. The van der Waals surface area contributed by atoms with Gasteiger partial charge in [0.05, 0.1) is 5.56 Å². The maximum absolute atomic E-state index is 13.4. The number of aromatic carboxylic acids is 1. The number of rotatable bonds is 3. The summed E-state index contributed by atoms with van der Waals surface area (Å²) in [5, 5.41) is 8.94. The second-order valence-corrected chi connectivity index (χ2v) is 4.58. The van der Waals surface area contributed by atoms with E-state index in [-0.39, 0.29) is 5.56 Å². The van der Waals surface area contributed by atoms with Gasteiger partial charge in [-0.15, -0.1) is 11.8 Å². The fourth-order valence-electron chi connectivity index (χ4n) is 1.75. The van der Waals surface area contributed by atoms with Crippen LogP contribution in [0.1, 0.15) is 10.4 Å². The maximum Gasteiger partial charge on any atom is 0.335 e. The van der Waals surface area contributed by atoms with E-state index >= 15 is 0 Å². The lowest BCUT2D eigenvalue weighted by Crippen LogP contribution is -1.98. The van der Waals surface area contributed by atoms with Crippen LogP contribution in [-0.4, -0.2) is 17.3 Å². The highest BCUT2D eigenvalue weighted by Gasteiger charge is 2.10. The topological polar surface area (TPSA) is 37.3 Å². The molecule has 1 N–H and O–H groups in total. The Morgan fingerprint density at radius 1 is 1.22 bits per heavy atom. The Balaban J connectivity index is 2.60. The third kappa shape index (κ3) is 2.54. The van der Waals surface area contributed by atoms with E-state index in [0.29, 0.717) is 5.56 Å². The third-order valence-corrected chi connectivity index (χ3v) is 3.36. The van der Waals surface area contributed by atoms with Gasteiger partial charge in [0.1, 0.15) is 5.82 Å². The zero-order valence-corrected chi connectivity index (χ0v) is 10.5. The largest absolute Gasteiger partial charge is 0.478 e. The average molecular weight is 262 g/mol.